The van der Waals surface area contributed by atoms with Crippen LogP contribution in [-0.4, -0.2) is 37.6 Å². The monoisotopic (exact) mass is 242 g/mol. The Morgan fingerprint density at radius 3 is 2.14 bits per heavy atom. The molecule has 0 saturated heterocycles. The Balaban J connectivity index is -0.000000169. The zero-order valence-electron chi connectivity index (χ0n) is 9.55. The van der Waals surface area contributed by atoms with Crippen LogP contribution in [0.25, 0.3) is 0 Å². The minimum atomic E-state index is 0. The maximum Gasteiger partial charge on any atom is 0.216 e. The van der Waals surface area contributed by atoms with Crippen molar-refractivity contribution in [2.24, 2.45) is 0 Å². The van der Waals surface area contributed by atoms with E-state index in [0.717, 1.165) is 24.6 Å². The molecule has 2 N–H and O–H groups in total. The van der Waals surface area contributed by atoms with Crippen LogP contribution in [0.2, 0.25) is 0 Å². The second-order valence-corrected chi connectivity index (χ2v) is 4.93. The van der Waals surface area contributed by atoms with Gasteiger partial charge < -0.3 is 10.6 Å². The van der Waals surface area contributed by atoms with Crippen molar-refractivity contribution in [1.29, 1.82) is 0 Å². The van der Waals surface area contributed by atoms with Crippen molar-refractivity contribution in [3.05, 3.63) is 0 Å². The SMILES string of the molecule is CC.CNCCSSCCNC(C)=O.[HH].[HH]. The molecule has 0 aliphatic heterocycles. The summed E-state index contributed by atoms with van der Waals surface area (Å²) in [5.41, 5.74) is 0. The standard InChI is InChI=1S/C7H16N2OS2.C2H6.2H2/c1-7(10)9-4-6-12-11-5-3-8-2;1-2;;/h8H,3-6H2,1-2H3,(H,9,10);1-2H3;2*1H. The third kappa shape index (κ3) is 18.0. The lowest BCUT2D eigenvalue weighted by molar-refractivity contribution is -0.118. The number of amides is 1. The molecule has 0 fully saturated rings. The molecule has 1 amide bonds. The van der Waals surface area contributed by atoms with E-state index in [-0.39, 0.29) is 8.76 Å². The normalized spacial score (nSPS) is 8.86. The maximum atomic E-state index is 10.4. The Labute approximate surface area is 98.5 Å². The summed E-state index contributed by atoms with van der Waals surface area (Å²) in [4.78, 5) is 10.4. The molecule has 0 radical (unpaired) electrons. The van der Waals surface area contributed by atoms with Crippen molar-refractivity contribution >= 4 is 27.5 Å². The molecular formula is C9H26N2OS2. The van der Waals surface area contributed by atoms with Crippen LogP contribution in [0, 0.1) is 0 Å². The maximum absolute atomic E-state index is 10.4. The molecule has 0 rings (SSSR count). The number of rotatable bonds is 7. The zero-order chi connectivity index (χ0) is 11.2. The third-order valence-electron chi connectivity index (χ3n) is 1.08. The van der Waals surface area contributed by atoms with Crippen LogP contribution in [0.15, 0.2) is 0 Å². The summed E-state index contributed by atoms with van der Waals surface area (Å²) in [5, 5.41) is 5.82. The molecule has 0 aromatic rings. The van der Waals surface area contributed by atoms with Crippen LogP contribution in [0.3, 0.4) is 0 Å². The van der Waals surface area contributed by atoms with Gasteiger partial charge in [0.2, 0.25) is 5.91 Å². The molecule has 5 heteroatoms. The zero-order valence-corrected chi connectivity index (χ0v) is 11.2. The van der Waals surface area contributed by atoms with E-state index in [0.29, 0.717) is 0 Å². The number of hydrogen-bond acceptors (Lipinski definition) is 4. The Bertz CT molecular complexity index is 132. The first-order valence-corrected chi connectivity index (χ1v) is 7.39. The predicted molar refractivity (Wildman–Crippen MR) is 73.1 cm³/mol. The van der Waals surface area contributed by atoms with Gasteiger partial charge in [0.15, 0.2) is 0 Å². The van der Waals surface area contributed by atoms with Crippen molar-refractivity contribution in [3.8, 4) is 0 Å². The highest BCUT2D eigenvalue weighted by Gasteiger charge is 1.91. The fourth-order valence-corrected chi connectivity index (χ4v) is 2.45. The van der Waals surface area contributed by atoms with Gasteiger partial charge in [0, 0.05) is 34.4 Å². The summed E-state index contributed by atoms with van der Waals surface area (Å²) >= 11 is 0. The second-order valence-electron chi connectivity index (χ2n) is 2.23. The molecule has 0 aliphatic carbocycles. The molecule has 90 valence electrons. The summed E-state index contributed by atoms with van der Waals surface area (Å²) in [7, 11) is 5.58. The molecule has 0 bridgehead atoms. The van der Waals surface area contributed by atoms with Crippen molar-refractivity contribution < 1.29 is 7.65 Å². The summed E-state index contributed by atoms with van der Waals surface area (Å²) in [6, 6.07) is 0. The van der Waals surface area contributed by atoms with Crippen LogP contribution in [0.4, 0.5) is 0 Å². The first kappa shape index (κ1) is 16.6. The molecule has 0 aromatic carbocycles. The number of carbonyl (C=O) groups is 1. The highest BCUT2D eigenvalue weighted by molar-refractivity contribution is 8.76. The molecule has 0 aliphatic rings. The van der Waals surface area contributed by atoms with Gasteiger partial charge in [-0.25, -0.2) is 0 Å². The van der Waals surface area contributed by atoms with E-state index in [1.54, 1.807) is 17.7 Å². The van der Waals surface area contributed by atoms with E-state index in [2.05, 4.69) is 10.6 Å². The molecular weight excluding hydrogens is 216 g/mol. The van der Waals surface area contributed by atoms with Gasteiger partial charge in [-0.3, -0.25) is 4.79 Å². The Kier molecular flexibility index (Phi) is 18.4. The molecule has 0 aromatic heterocycles. The first-order chi connectivity index (χ1) is 6.77. The van der Waals surface area contributed by atoms with E-state index >= 15 is 0 Å². The summed E-state index contributed by atoms with van der Waals surface area (Å²) in [5.74, 6) is 2.14. The smallest absolute Gasteiger partial charge is 0.216 e. The van der Waals surface area contributed by atoms with Gasteiger partial charge in [0.05, 0.1) is 0 Å². The molecule has 0 heterocycles. The Hall–Kier alpha value is 0.130. The van der Waals surface area contributed by atoms with E-state index in [4.69, 9.17) is 0 Å². The van der Waals surface area contributed by atoms with Gasteiger partial charge in [-0.05, 0) is 7.05 Å². The predicted octanol–water partition coefficient (Wildman–Crippen LogP) is 2.24. The van der Waals surface area contributed by atoms with E-state index < -0.39 is 0 Å². The van der Waals surface area contributed by atoms with Crippen LogP contribution < -0.4 is 10.6 Å². The highest BCUT2D eigenvalue weighted by Crippen LogP contribution is 2.18. The lowest BCUT2D eigenvalue weighted by Crippen LogP contribution is -2.22. The number of hydrogen-bond donors (Lipinski definition) is 2. The fourth-order valence-electron chi connectivity index (χ4n) is 0.530. The highest BCUT2D eigenvalue weighted by atomic mass is 33.1. The van der Waals surface area contributed by atoms with Crippen molar-refractivity contribution in [2.75, 3.05) is 31.6 Å². The first-order valence-electron chi connectivity index (χ1n) is 4.91. The Morgan fingerprint density at radius 1 is 1.21 bits per heavy atom. The van der Waals surface area contributed by atoms with E-state index in [1.807, 2.05) is 31.7 Å². The molecule has 14 heavy (non-hydrogen) atoms. The van der Waals surface area contributed by atoms with Crippen LogP contribution in [0.1, 0.15) is 23.6 Å². The van der Waals surface area contributed by atoms with Crippen molar-refractivity contribution in [3.63, 3.8) is 0 Å². The van der Waals surface area contributed by atoms with Crippen molar-refractivity contribution in [1.82, 2.24) is 10.6 Å². The quantitative estimate of drug-likeness (QED) is 0.531. The summed E-state index contributed by atoms with van der Waals surface area (Å²) in [6.07, 6.45) is 0. The lowest BCUT2D eigenvalue weighted by Gasteiger charge is -2.01. The molecule has 0 unspecified atom stereocenters. The van der Waals surface area contributed by atoms with Crippen LogP contribution in [0.5, 0.6) is 0 Å². The third-order valence-corrected chi connectivity index (χ3v) is 3.49. The lowest BCUT2D eigenvalue weighted by atomic mass is 10.6. The van der Waals surface area contributed by atoms with Gasteiger partial charge in [0.25, 0.3) is 0 Å². The Morgan fingerprint density at radius 2 is 1.71 bits per heavy atom. The van der Waals surface area contributed by atoms with E-state index in [9.17, 15) is 4.79 Å². The topological polar surface area (TPSA) is 41.1 Å². The number of nitrogens with one attached hydrogen (secondary N) is 2. The largest absolute Gasteiger partial charge is 0.355 e. The van der Waals surface area contributed by atoms with Gasteiger partial charge in [0.1, 0.15) is 0 Å². The van der Waals surface area contributed by atoms with E-state index in [1.165, 1.54) is 0 Å². The van der Waals surface area contributed by atoms with Crippen LogP contribution >= 0.6 is 21.6 Å². The molecule has 0 atom stereocenters. The van der Waals surface area contributed by atoms with Gasteiger partial charge >= 0.3 is 0 Å². The minimum absolute atomic E-state index is 0. The second kappa shape index (κ2) is 15.6. The number of carbonyl (C=O) groups excluding carboxylic acids is 1. The average molecular weight is 242 g/mol. The van der Waals surface area contributed by atoms with Gasteiger partial charge in [-0.2, -0.15) is 0 Å². The van der Waals surface area contributed by atoms with Gasteiger partial charge in [-0.15, -0.1) is 0 Å². The fraction of sp³-hybridized carbons (Fsp3) is 0.889. The van der Waals surface area contributed by atoms with Crippen LogP contribution in [-0.2, 0) is 4.79 Å². The summed E-state index contributed by atoms with van der Waals surface area (Å²) < 4.78 is 0. The summed E-state index contributed by atoms with van der Waals surface area (Å²) in [6.45, 7) is 7.35. The molecule has 0 spiro atoms. The molecule has 3 nitrogen and oxygen atoms in total. The minimum Gasteiger partial charge on any atom is -0.355 e. The van der Waals surface area contributed by atoms with Gasteiger partial charge in [-0.1, -0.05) is 35.4 Å². The molecule has 0 saturated carbocycles. The average Bonchev–Trinajstić information content (AvgIpc) is 2.19. The van der Waals surface area contributed by atoms with Crippen molar-refractivity contribution in [2.45, 2.75) is 20.8 Å².